The normalized spacial score (nSPS) is 20.5. The van der Waals surface area contributed by atoms with Crippen molar-refractivity contribution in [1.82, 2.24) is 10.6 Å². The van der Waals surface area contributed by atoms with E-state index in [1.165, 1.54) is 11.1 Å². The molecule has 3 heteroatoms. The Kier molecular flexibility index (Phi) is 3.71. The number of carbonyl (C=O) groups is 1. The number of carbonyl (C=O) groups excluding carboxylic acids is 1. The van der Waals surface area contributed by atoms with Gasteiger partial charge in [0.05, 0.1) is 6.54 Å². The quantitative estimate of drug-likeness (QED) is 0.853. The number of nitrogens with one attached hydrogen (secondary N) is 2. The molecule has 2 N–H and O–H groups in total. The van der Waals surface area contributed by atoms with Crippen molar-refractivity contribution in [2.24, 2.45) is 5.41 Å². The van der Waals surface area contributed by atoms with Gasteiger partial charge >= 0.3 is 0 Å². The Bertz CT molecular complexity index is 440. The number of benzene rings is 1. The fourth-order valence-corrected chi connectivity index (χ4v) is 2.83. The maximum absolute atomic E-state index is 11.5. The van der Waals surface area contributed by atoms with Gasteiger partial charge < -0.3 is 10.6 Å². The lowest BCUT2D eigenvalue weighted by Gasteiger charge is -2.28. The summed E-state index contributed by atoms with van der Waals surface area (Å²) in [5, 5.41) is 6.22. The van der Waals surface area contributed by atoms with Gasteiger partial charge in [-0.15, -0.1) is 0 Å². The van der Waals surface area contributed by atoms with E-state index in [9.17, 15) is 4.79 Å². The van der Waals surface area contributed by atoms with Crippen LogP contribution in [0.4, 0.5) is 0 Å². The van der Waals surface area contributed by atoms with E-state index in [0.717, 1.165) is 6.42 Å². The Balaban J connectivity index is 2.09. The molecule has 0 heterocycles. The van der Waals surface area contributed by atoms with Crippen LogP contribution in [0.25, 0.3) is 0 Å². The lowest BCUT2D eigenvalue weighted by Crippen LogP contribution is -2.39. The molecule has 0 saturated carbocycles. The molecule has 0 aliphatic heterocycles. The first-order valence-corrected chi connectivity index (χ1v) is 6.62. The topological polar surface area (TPSA) is 41.1 Å². The van der Waals surface area contributed by atoms with Gasteiger partial charge in [0.15, 0.2) is 0 Å². The lowest BCUT2D eigenvalue weighted by molar-refractivity contribution is -0.120. The molecule has 98 valence electrons. The first kappa shape index (κ1) is 13.1. The van der Waals surface area contributed by atoms with Crippen LogP contribution in [0, 0.1) is 5.41 Å². The van der Waals surface area contributed by atoms with Gasteiger partial charge in [-0.1, -0.05) is 38.1 Å². The Morgan fingerprint density at radius 1 is 1.39 bits per heavy atom. The largest absolute Gasteiger partial charge is 0.355 e. The second kappa shape index (κ2) is 5.11. The van der Waals surface area contributed by atoms with Gasteiger partial charge in [-0.25, -0.2) is 0 Å². The molecule has 18 heavy (non-hydrogen) atoms. The third kappa shape index (κ3) is 2.56. The van der Waals surface area contributed by atoms with Crippen LogP contribution < -0.4 is 10.6 Å². The summed E-state index contributed by atoms with van der Waals surface area (Å²) in [6.45, 7) is 7.51. The average molecular weight is 246 g/mol. The molecule has 3 nitrogen and oxygen atoms in total. The molecular weight excluding hydrogens is 224 g/mol. The Hall–Kier alpha value is -1.35. The Morgan fingerprint density at radius 2 is 2.11 bits per heavy atom. The number of amides is 1. The third-order valence-electron chi connectivity index (χ3n) is 3.63. The number of hydrogen-bond acceptors (Lipinski definition) is 2. The Labute approximate surface area is 109 Å². The number of likely N-dealkylation sites (N-methyl/N-ethyl adjacent to an activating group) is 1. The second-order valence-corrected chi connectivity index (χ2v) is 5.63. The van der Waals surface area contributed by atoms with Gasteiger partial charge in [-0.2, -0.15) is 0 Å². The highest BCUT2D eigenvalue weighted by Gasteiger charge is 2.38. The zero-order valence-electron chi connectivity index (χ0n) is 11.4. The lowest BCUT2D eigenvalue weighted by atomic mass is 9.85. The van der Waals surface area contributed by atoms with Crippen molar-refractivity contribution in [2.75, 3.05) is 13.1 Å². The molecule has 2 rings (SSSR count). The fourth-order valence-electron chi connectivity index (χ4n) is 2.83. The molecule has 1 aromatic rings. The van der Waals surface area contributed by atoms with Gasteiger partial charge in [0.2, 0.25) is 5.91 Å². The van der Waals surface area contributed by atoms with Gasteiger partial charge in [0.1, 0.15) is 0 Å². The fraction of sp³-hybridized carbons (Fsp3) is 0.533. The van der Waals surface area contributed by atoms with Crippen LogP contribution in [-0.4, -0.2) is 19.0 Å². The van der Waals surface area contributed by atoms with Gasteiger partial charge in [0, 0.05) is 12.6 Å². The minimum atomic E-state index is 0.0673. The van der Waals surface area contributed by atoms with E-state index < -0.39 is 0 Å². The molecule has 1 unspecified atom stereocenters. The van der Waals surface area contributed by atoms with E-state index in [2.05, 4.69) is 48.7 Å². The predicted molar refractivity (Wildman–Crippen MR) is 73.4 cm³/mol. The summed E-state index contributed by atoms with van der Waals surface area (Å²) >= 11 is 0. The van der Waals surface area contributed by atoms with Crippen molar-refractivity contribution in [3.8, 4) is 0 Å². The van der Waals surface area contributed by atoms with Crippen molar-refractivity contribution >= 4 is 5.91 Å². The molecule has 1 aliphatic rings. The van der Waals surface area contributed by atoms with Crippen LogP contribution in [0.15, 0.2) is 24.3 Å². The highest BCUT2D eigenvalue weighted by Crippen LogP contribution is 2.44. The van der Waals surface area contributed by atoms with E-state index in [4.69, 9.17) is 0 Å². The molecule has 1 atom stereocenters. The van der Waals surface area contributed by atoms with Crippen molar-refractivity contribution in [1.29, 1.82) is 0 Å². The highest BCUT2D eigenvalue weighted by molar-refractivity contribution is 5.78. The Morgan fingerprint density at radius 3 is 2.83 bits per heavy atom. The molecule has 0 bridgehead atoms. The van der Waals surface area contributed by atoms with Crippen molar-refractivity contribution in [3.05, 3.63) is 35.4 Å². The summed E-state index contributed by atoms with van der Waals surface area (Å²) in [6.07, 6.45) is 1.07. The first-order chi connectivity index (χ1) is 8.54. The van der Waals surface area contributed by atoms with Crippen LogP contribution in [0.3, 0.4) is 0 Å². The SMILES string of the molecule is CCNC(=O)CNC1c2ccccc2CC1(C)C. The summed E-state index contributed by atoms with van der Waals surface area (Å²) in [4.78, 5) is 11.5. The van der Waals surface area contributed by atoms with Gasteiger partial charge in [-0.3, -0.25) is 4.79 Å². The van der Waals surface area contributed by atoms with E-state index in [0.29, 0.717) is 13.1 Å². The van der Waals surface area contributed by atoms with Crippen LogP contribution in [0.2, 0.25) is 0 Å². The van der Waals surface area contributed by atoms with Crippen LogP contribution >= 0.6 is 0 Å². The maximum Gasteiger partial charge on any atom is 0.233 e. The third-order valence-corrected chi connectivity index (χ3v) is 3.63. The van der Waals surface area contributed by atoms with Crippen LogP contribution in [-0.2, 0) is 11.2 Å². The number of rotatable bonds is 4. The summed E-state index contributed by atoms with van der Waals surface area (Å²) in [6, 6.07) is 8.77. The molecule has 1 amide bonds. The second-order valence-electron chi connectivity index (χ2n) is 5.63. The van der Waals surface area contributed by atoms with Crippen molar-refractivity contribution < 1.29 is 4.79 Å². The minimum Gasteiger partial charge on any atom is -0.355 e. The molecule has 0 spiro atoms. The zero-order valence-corrected chi connectivity index (χ0v) is 11.4. The molecule has 0 fully saturated rings. The summed E-state index contributed by atoms with van der Waals surface area (Å²) in [7, 11) is 0. The molecule has 1 aromatic carbocycles. The van der Waals surface area contributed by atoms with E-state index in [1.54, 1.807) is 0 Å². The first-order valence-electron chi connectivity index (χ1n) is 6.62. The van der Waals surface area contributed by atoms with E-state index in [1.807, 2.05) is 6.92 Å². The van der Waals surface area contributed by atoms with Crippen LogP contribution in [0.5, 0.6) is 0 Å². The van der Waals surface area contributed by atoms with Gasteiger partial charge in [-0.05, 0) is 29.9 Å². The van der Waals surface area contributed by atoms with Crippen molar-refractivity contribution in [2.45, 2.75) is 33.2 Å². The molecule has 1 aliphatic carbocycles. The smallest absolute Gasteiger partial charge is 0.233 e. The molecule has 0 saturated heterocycles. The zero-order chi connectivity index (χ0) is 13.2. The van der Waals surface area contributed by atoms with Crippen LogP contribution in [0.1, 0.15) is 37.9 Å². The number of hydrogen-bond donors (Lipinski definition) is 2. The molecule has 0 aromatic heterocycles. The highest BCUT2D eigenvalue weighted by atomic mass is 16.1. The summed E-state index contributed by atoms with van der Waals surface area (Å²) in [5.74, 6) is 0.0673. The monoisotopic (exact) mass is 246 g/mol. The number of fused-ring (bicyclic) bond motifs is 1. The predicted octanol–water partition coefficient (Wildman–Crippen LogP) is 2.04. The average Bonchev–Trinajstić information content (AvgIpc) is 2.56. The molecule has 0 radical (unpaired) electrons. The summed E-state index contributed by atoms with van der Waals surface area (Å²) in [5.41, 5.74) is 2.90. The standard InChI is InChI=1S/C15H22N2O/c1-4-16-13(18)10-17-14-12-8-6-5-7-11(12)9-15(14,2)3/h5-8,14,17H,4,9-10H2,1-3H3,(H,16,18). The molecular formula is C15H22N2O. The minimum absolute atomic E-state index is 0.0673. The van der Waals surface area contributed by atoms with E-state index >= 15 is 0 Å². The van der Waals surface area contributed by atoms with E-state index in [-0.39, 0.29) is 17.4 Å². The maximum atomic E-state index is 11.5. The summed E-state index contributed by atoms with van der Waals surface area (Å²) < 4.78 is 0. The van der Waals surface area contributed by atoms with Gasteiger partial charge in [0.25, 0.3) is 0 Å². The van der Waals surface area contributed by atoms with Crippen molar-refractivity contribution in [3.63, 3.8) is 0 Å².